The van der Waals surface area contributed by atoms with Crippen molar-refractivity contribution in [2.24, 2.45) is 11.8 Å². The Morgan fingerprint density at radius 3 is 2.82 bits per heavy atom. The zero-order valence-corrected chi connectivity index (χ0v) is 16.6. The summed E-state index contributed by atoms with van der Waals surface area (Å²) in [5.74, 6) is 0.287. The molecule has 0 saturated carbocycles. The number of ether oxygens (including phenoxy) is 1. The molecule has 0 aliphatic carbocycles. The van der Waals surface area contributed by atoms with Crippen molar-refractivity contribution in [3.8, 4) is 0 Å². The van der Waals surface area contributed by atoms with E-state index in [1.54, 1.807) is 10.3 Å². The lowest BCUT2D eigenvalue weighted by Gasteiger charge is -2.46. The average molecular weight is 407 g/mol. The van der Waals surface area contributed by atoms with Crippen LogP contribution in [0.3, 0.4) is 0 Å². The van der Waals surface area contributed by atoms with E-state index < -0.39 is 0 Å². The van der Waals surface area contributed by atoms with Crippen molar-refractivity contribution in [2.45, 2.75) is 44.9 Å². The average Bonchev–Trinajstić information content (AvgIpc) is 3.14. The molecule has 3 aliphatic rings. The molecule has 3 N–H and O–H groups in total. The second-order valence-corrected chi connectivity index (χ2v) is 8.45. The van der Waals surface area contributed by atoms with Crippen LogP contribution in [0.2, 0.25) is 0 Å². The van der Waals surface area contributed by atoms with E-state index in [0.717, 1.165) is 25.7 Å². The van der Waals surface area contributed by atoms with Crippen LogP contribution in [-0.4, -0.2) is 59.7 Å². The lowest BCUT2D eigenvalue weighted by Crippen LogP contribution is -2.65. The van der Waals surface area contributed by atoms with Crippen LogP contribution in [0, 0.1) is 11.8 Å². The van der Waals surface area contributed by atoms with E-state index in [0.29, 0.717) is 36.4 Å². The minimum Gasteiger partial charge on any atom is -0.358 e. The number of nitrogens with one attached hydrogen (secondary N) is 3. The number of anilines is 1. The topological polar surface area (TPSA) is 113 Å². The highest BCUT2D eigenvalue weighted by Gasteiger charge is 2.43. The highest BCUT2D eigenvalue weighted by Crippen LogP contribution is 2.33. The highest BCUT2D eigenvalue weighted by atomic mass is 32.1. The number of carbonyl (C=O) groups excluding carboxylic acids is 3. The normalized spacial score (nSPS) is 28.1. The maximum atomic E-state index is 12.7. The van der Waals surface area contributed by atoms with Gasteiger partial charge in [0, 0.05) is 44.0 Å². The molecule has 1 aromatic heterocycles. The molecule has 0 unspecified atom stereocenters. The Balaban J connectivity index is 1.36. The van der Waals surface area contributed by atoms with Gasteiger partial charge in [0.15, 0.2) is 5.13 Å². The zero-order chi connectivity index (χ0) is 19.7. The summed E-state index contributed by atoms with van der Waals surface area (Å²) in [7, 11) is 0. The Hall–Kier alpha value is -2.20. The lowest BCUT2D eigenvalue weighted by atomic mass is 9.77. The Kier molecular flexibility index (Phi) is 5.49. The summed E-state index contributed by atoms with van der Waals surface area (Å²) in [5, 5.41) is 10.7. The minimum absolute atomic E-state index is 0.0851. The summed E-state index contributed by atoms with van der Waals surface area (Å²) < 4.78 is 5.75. The van der Waals surface area contributed by atoms with E-state index in [-0.39, 0.29) is 36.0 Å². The molecule has 0 aromatic carbocycles. The molecule has 4 amide bonds. The molecule has 152 valence electrons. The molecule has 0 spiro atoms. The highest BCUT2D eigenvalue weighted by molar-refractivity contribution is 7.14. The first kappa shape index (κ1) is 19.1. The van der Waals surface area contributed by atoms with Gasteiger partial charge in [-0.1, -0.05) is 0 Å². The number of thiazole rings is 1. The predicted octanol–water partition coefficient (Wildman–Crippen LogP) is 1.39. The van der Waals surface area contributed by atoms with Crippen molar-refractivity contribution >= 4 is 34.3 Å². The number of carbonyl (C=O) groups is 3. The van der Waals surface area contributed by atoms with Gasteiger partial charge in [0.05, 0.1) is 0 Å². The van der Waals surface area contributed by atoms with Crippen molar-refractivity contribution in [2.75, 3.05) is 25.0 Å². The van der Waals surface area contributed by atoms with Gasteiger partial charge in [-0.2, -0.15) is 0 Å². The van der Waals surface area contributed by atoms with Crippen LogP contribution >= 0.6 is 11.3 Å². The van der Waals surface area contributed by atoms with Crippen LogP contribution < -0.4 is 16.0 Å². The van der Waals surface area contributed by atoms with Gasteiger partial charge in [-0.15, -0.1) is 11.3 Å². The molecule has 28 heavy (non-hydrogen) atoms. The van der Waals surface area contributed by atoms with E-state index in [4.69, 9.17) is 4.74 Å². The Morgan fingerprint density at radius 1 is 1.29 bits per heavy atom. The van der Waals surface area contributed by atoms with Crippen molar-refractivity contribution in [3.63, 3.8) is 0 Å². The molecular formula is C18H25N5O4S. The SMILES string of the molecule is CC(=O)Nc1nc(C(=O)N2CCC([C@@H]3NC(=O)N[C@H]4OCCC[C@H]43)CC2)cs1. The molecule has 0 bridgehead atoms. The number of rotatable bonds is 3. The number of nitrogens with zero attached hydrogens (tertiary/aromatic N) is 2. The molecule has 4 rings (SSSR count). The number of hydrogen-bond acceptors (Lipinski definition) is 6. The summed E-state index contributed by atoms with van der Waals surface area (Å²) in [5.41, 5.74) is 0.364. The van der Waals surface area contributed by atoms with Gasteiger partial charge >= 0.3 is 6.03 Å². The largest absolute Gasteiger partial charge is 0.358 e. The van der Waals surface area contributed by atoms with Crippen LogP contribution in [0.15, 0.2) is 5.38 Å². The van der Waals surface area contributed by atoms with Crippen LogP contribution in [0.4, 0.5) is 9.93 Å². The third-order valence-corrected chi connectivity index (χ3v) is 6.50. The van der Waals surface area contributed by atoms with Gasteiger partial charge < -0.3 is 25.6 Å². The van der Waals surface area contributed by atoms with Gasteiger partial charge in [-0.05, 0) is 31.6 Å². The van der Waals surface area contributed by atoms with Gasteiger partial charge in [-0.25, -0.2) is 9.78 Å². The van der Waals surface area contributed by atoms with E-state index in [1.807, 2.05) is 0 Å². The first-order valence-corrected chi connectivity index (χ1v) is 10.6. The Bertz CT molecular complexity index is 761. The molecule has 10 heteroatoms. The lowest BCUT2D eigenvalue weighted by molar-refractivity contribution is -0.114. The summed E-state index contributed by atoms with van der Waals surface area (Å²) in [4.78, 5) is 41.9. The van der Waals surface area contributed by atoms with E-state index >= 15 is 0 Å². The van der Waals surface area contributed by atoms with Gasteiger partial charge in [-0.3, -0.25) is 9.59 Å². The predicted molar refractivity (Wildman–Crippen MR) is 103 cm³/mol. The van der Waals surface area contributed by atoms with E-state index in [9.17, 15) is 14.4 Å². The molecule has 1 aromatic rings. The second-order valence-electron chi connectivity index (χ2n) is 7.59. The molecule has 3 saturated heterocycles. The monoisotopic (exact) mass is 407 g/mol. The fourth-order valence-corrected chi connectivity index (χ4v) is 5.15. The fourth-order valence-electron chi connectivity index (χ4n) is 4.42. The Morgan fingerprint density at radius 2 is 2.07 bits per heavy atom. The third kappa shape index (κ3) is 3.97. The number of piperidine rings is 1. The van der Waals surface area contributed by atoms with Crippen LogP contribution in [0.5, 0.6) is 0 Å². The van der Waals surface area contributed by atoms with Crippen LogP contribution in [0.1, 0.15) is 43.1 Å². The summed E-state index contributed by atoms with van der Waals surface area (Å²) in [6.45, 7) is 3.37. The summed E-state index contributed by atoms with van der Waals surface area (Å²) in [6.07, 6.45) is 3.51. The van der Waals surface area contributed by atoms with E-state index in [1.165, 1.54) is 18.3 Å². The minimum atomic E-state index is -0.205. The van der Waals surface area contributed by atoms with Gasteiger partial charge in [0.25, 0.3) is 5.91 Å². The fraction of sp³-hybridized carbons (Fsp3) is 0.667. The smallest absolute Gasteiger partial charge is 0.317 e. The number of fused-ring (bicyclic) bond motifs is 1. The second kappa shape index (κ2) is 8.04. The van der Waals surface area contributed by atoms with Crippen molar-refractivity contribution in [1.82, 2.24) is 20.5 Å². The number of aromatic nitrogens is 1. The number of urea groups is 1. The number of hydrogen-bond donors (Lipinski definition) is 3. The standard InChI is InChI=1S/C18H25N5O4S/c1-10(24)19-18-20-13(9-28-18)16(25)23-6-4-11(5-7-23)14-12-3-2-8-27-15(12)22-17(26)21-14/h9,11-12,14-15H,2-8H2,1H3,(H,19,20,24)(H2,21,22,26)/t12-,14-,15-/m0/s1. The molecule has 4 heterocycles. The number of likely N-dealkylation sites (tertiary alicyclic amines) is 1. The van der Waals surface area contributed by atoms with Crippen LogP contribution in [-0.2, 0) is 9.53 Å². The quantitative estimate of drug-likeness (QED) is 0.701. The van der Waals surface area contributed by atoms with Crippen LogP contribution in [0.25, 0.3) is 0 Å². The van der Waals surface area contributed by atoms with Crippen molar-refractivity contribution in [1.29, 1.82) is 0 Å². The summed E-state index contributed by atoms with van der Waals surface area (Å²) >= 11 is 1.25. The van der Waals surface area contributed by atoms with Gasteiger partial charge in [0.2, 0.25) is 5.91 Å². The van der Waals surface area contributed by atoms with E-state index in [2.05, 4.69) is 20.9 Å². The number of amides is 4. The maximum Gasteiger partial charge on any atom is 0.317 e. The Labute approximate surface area is 167 Å². The van der Waals surface area contributed by atoms with Crippen molar-refractivity contribution < 1.29 is 19.1 Å². The summed E-state index contributed by atoms with van der Waals surface area (Å²) in [6, 6.07) is -0.0819. The van der Waals surface area contributed by atoms with Crippen molar-refractivity contribution in [3.05, 3.63) is 11.1 Å². The third-order valence-electron chi connectivity index (χ3n) is 5.74. The van der Waals surface area contributed by atoms with Gasteiger partial charge in [0.1, 0.15) is 11.9 Å². The molecule has 3 aliphatic heterocycles. The first-order valence-electron chi connectivity index (χ1n) is 9.72. The zero-order valence-electron chi connectivity index (χ0n) is 15.8. The molecular weight excluding hydrogens is 382 g/mol. The molecule has 3 fully saturated rings. The maximum absolute atomic E-state index is 12.7. The molecule has 0 radical (unpaired) electrons. The molecule has 9 nitrogen and oxygen atoms in total. The first-order chi connectivity index (χ1) is 13.5. The molecule has 3 atom stereocenters.